The van der Waals surface area contributed by atoms with Crippen LogP contribution in [0.4, 0.5) is 4.39 Å². The van der Waals surface area contributed by atoms with Gasteiger partial charge in [0.2, 0.25) is 0 Å². The molecule has 1 aromatic heterocycles. The summed E-state index contributed by atoms with van der Waals surface area (Å²) in [5.74, 6) is -0.207. The van der Waals surface area contributed by atoms with E-state index in [0.29, 0.717) is 4.90 Å². The molecule has 2 nitrogen and oxygen atoms in total. The van der Waals surface area contributed by atoms with Crippen molar-refractivity contribution in [2.75, 3.05) is 6.54 Å². The maximum atomic E-state index is 13.6. The van der Waals surface area contributed by atoms with Crippen molar-refractivity contribution >= 4 is 11.8 Å². The Morgan fingerprint density at radius 1 is 1.25 bits per heavy atom. The Kier molecular flexibility index (Phi) is 5.56. The van der Waals surface area contributed by atoms with Crippen LogP contribution in [-0.2, 0) is 0 Å². The zero-order chi connectivity index (χ0) is 14.4. The van der Waals surface area contributed by atoms with Gasteiger partial charge in [0.05, 0.1) is 0 Å². The summed E-state index contributed by atoms with van der Waals surface area (Å²) in [6.45, 7) is 5.26. The molecule has 0 radical (unpaired) electrons. The Balaban J connectivity index is 2.03. The highest BCUT2D eigenvalue weighted by molar-refractivity contribution is 7.99. The van der Waals surface area contributed by atoms with Gasteiger partial charge in [-0.15, -0.1) is 0 Å². The summed E-state index contributed by atoms with van der Waals surface area (Å²) in [7, 11) is 0. The van der Waals surface area contributed by atoms with E-state index < -0.39 is 0 Å². The van der Waals surface area contributed by atoms with Gasteiger partial charge in [0, 0.05) is 17.1 Å². The predicted molar refractivity (Wildman–Crippen MR) is 81.5 cm³/mol. The Bertz CT molecular complexity index is 542. The van der Waals surface area contributed by atoms with Crippen LogP contribution < -0.4 is 5.32 Å². The highest BCUT2D eigenvalue weighted by atomic mass is 32.2. The molecule has 0 spiro atoms. The molecule has 0 amide bonds. The van der Waals surface area contributed by atoms with E-state index in [-0.39, 0.29) is 11.9 Å². The number of nitrogens with zero attached hydrogens (tertiary/aromatic N) is 1. The van der Waals surface area contributed by atoms with Gasteiger partial charge in [-0.05, 0) is 43.7 Å². The van der Waals surface area contributed by atoms with E-state index >= 15 is 0 Å². The molecule has 4 heteroatoms. The number of rotatable bonds is 6. The molecule has 20 heavy (non-hydrogen) atoms. The minimum atomic E-state index is -0.207. The van der Waals surface area contributed by atoms with Crippen molar-refractivity contribution in [2.45, 2.75) is 36.2 Å². The molecular weight excluding hydrogens is 271 g/mol. The Hall–Kier alpha value is -1.39. The molecule has 1 atom stereocenters. The molecule has 0 aliphatic heterocycles. The van der Waals surface area contributed by atoms with Crippen LogP contribution in [0.15, 0.2) is 52.5 Å². The number of nitrogens with one attached hydrogen (secondary N) is 1. The van der Waals surface area contributed by atoms with Crippen LogP contribution in [0.5, 0.6) is 0 Å². The van der Waals surface area contributed by atoms with Crippen LogP contribution >= 0.6 is 11.8 Å². The van der Waals surface area contributed by atoms with E-state index in [0.717, 1.165) is 23.6 Å². The highest BCUT2D eigenvalue weighted by Crippen LogP contribution is 2.28. The van der Waals surface area contributed by atoms with Crippen molar-refractivity contribution < 1.29 is 4.39 Å². The third-order valence-electron chi connectivity index (χ3n) is 3.01. The van der Waals surface area contributed by atoms with Crippen LogP contribution in [0.3, 0.4) is 0 Å². The molecule has 0 saturated carbocycles. The van der Waals surface area contributed by atoms with Gasteiger partial charge in [-0.25, -0.2) is 9.37 Å². The summed E-state index contributed by atoms with van der Waals surface area (Å²) < 4.78 is 13.6. The van der Waals surface area contributed by atoms with E-state index in [4.69, 9.17) is 0 Å². The summed E-state index contributed by atoms with van der Waals surface area (Å²) in [5.41, 5.74) is 1.15. The fraction of sp³-hybridized carbons (Fsp3) is 0.312. The number of halogens is 1. The fourth-order valence-electron chi connectivity index (χ4n) is 1.83. The van der Waals surface area contributed by atoms with Gasteiger partial charge in [0.15, 0.2) is 0 Å². The summed E-state index contributed by atoms with van der Waals surface area (Å²) in [4.78, 5) is 5.00. The number of hydrogen-bond acceptors (Lipinski definition) is 3. The normalized spacial score (nSPS) is 12.3. The molecule has 0 fully saturated rings. The van der Waals surface area contributed by atoms with E-state index in [9.17, 15) is 4.39 Å². The van der Waals surface area contributed by atoms with Crippen molar-refractivity contribution in [1.29, 1.82) is 0 Å². The maximum Gasteiger partial charge on any atom is 0.137 e. The lowest BCUT2D eigenvalue weighted by Gasteiger charge is -2.13. The molecule has 2 aromatic rings. The second-order valence-corrected chi connectivity index (χ2v) is 5.70. The third-order valence-corrected chi connectivity index (χ3v) is 4.01. The maximum absolute atomic E-state index is 13.6. The molecule has 0 aliphatic rings. The van der Waals surface area contributed by atoms with Gasteiger partial charge in [0.1, 0.15) is 10.8 Å². The standard InChI is InChI=1S/C16H19FN2S/c1-3-10-18-12(2)13-8-9-16(19-11-13)20-15-7-5-4-6-14(15)17/h4-9,11-12,18H,3,10H2,1-2H3. The first-order chi connectivity index (χ1) is 9.70. The van der Waals surface area contributed by atoms with Crippen LogP contribution in [0.25, 0.3) is 0 Å². The number of pyridine rings is 1. The molecule has 1 heterocycles. The number of hydrogen-bond donors (Lipinski definition) is 1. The Labute approximate surface area is 123 Å². The summed E-state index contributed by atoms with van der Waals surface area (Å²) in [5, 5.41) is 4.23. The lowest BCUT2D eigenvalue weighted by Crippen LogP contribution is -2.19. The molecular formula is C16H19FN2S. The van der Waals surface area contributed by atoms with Crippen molar-refractivity contribution in [2.24, 2.45) is 0 Å². The first kappa shape index (κ1) is 15.0. The second-order valence-electron chi connectivity index (χ2n) is 4.64. The van der Waals surface area contributed by atoms with Crippen molar-refractivity contribution in [3.8, 4) is 0 Å². The molecule has 0 bridgehead atoms. The van der Waals surface area contributed by atoms with Crippen molar-refractivity contribution in [3.63, 3.8) is 0 Å². The van der Waals surface area contributed by atoms with Gasteiger partial charge >= 0.3 is 0 Å². The van der Waals surface area contributed by atoms with Crippen LogP contribution in [0.1, 0.15) is 31.9 Å². The van der Waals surface area contributed by atoms with Gasteiger partial charge in [-0.3, -0.25) is 0 Å². The van der Waals surface area contributed by atoms with Crippen molar-refractivity contribution in [1.82, 2.24) is 10.3 Å². The first-order valence-corrected chi connectivity index (χ1v) is 7.64. The minimum Gasteiger partial charge on any atom is -0.310 e. The molecule has 1 N–H and O–H groups in total. The van der Waals surface area contributed by atoms with Gasteiger partial charge in [-0.1, -0.05) is 36.9 Å². The Morgan fingerprint density at radius 3 is 2.70 bits per heavy atom. The Morgan fingerprint density at radius 2 is 2.05 bits per heavy atom. The van der Waals surface area contributed by atoms with Gasteiger partial charge in [0.25, 0.3) is 0 Å². The van der Waals surface area contributed by atoms with Crippen molar-refractivity contribution in [3.05, 3.63) is 54.0 Å². The average Bonchev–Trinajstić information content (AvgIpc) is 2.48. The zero-order valence-corrected chi connectivity index (χ0v) is 12.6. The quantitative estimate of drug-likeness (QED) is 0.851. The molecule has 1 aromatic carbocycles. The SMILES string of the molecule is CCCNC(C)c1ccc(Sc2ccccc2F)nc1. The predicted octanol–water partition coefficient (Wildman–Crippen LogP) is 4.43. The smallest absolute Gasteiger partial charge is 0.137 e. The fourth-order valence-corrected chi connectivity index (χ4v) is 2.61. The average molecular weight is 290 g/mol. The van der Waals surface area contributed by atoms with Gasteiger partial charge < -0.3 is 5.32 Å². The lowest BCUT2D eigenvalue weighted by molar-refractivity contribution is 0.568. The zero-order valence-electron chi connectivity index (χ0n) is 11.8. The van der Waals surface area contributed by atoms with Crippen LogP contribution in [0, 0.1) is 5.82 Å². The second kappa shape index (κ2) is 7.41. The van der Waals surface area contributed by atoms with Crippen LogP contribution in [-0.4, -0.2) is 11.5 Å². The van der Waals surface area contributed by atoms with E-state index in [1.807, 2.05) is 24.4 Å². The number of aromatic nitrogens is 1. The summed E-state index contributed by atoms with van der Waals surface area (Å²) >= 11 is 1.35. The molecule has 2 rings (SSSR count). The minimum absolute atomic E-state index is 0.207. The topological polar surface area (TPSA) is 24.9 Å². The largest absolute Gasteiger partial charge is 0.310 e. The van der Waals surface area contributed by atoms with E-state index in [1.54, 1.807) is 12.1 Å². The van der Waals surface area contributed by atoms with Crippen LogP contribution in [0.2, 0.25) is 0 Å². The summed E-state index contributed by atoms with van der Waals surface area (Å²) in [6.07, 6.45) is 2.97. The third kappa shape index (κ3) is 4.05. The monoisotopic (exact) mass is 290 g/mol. The molecule has 0 saturated heterocycles. The first-order valence-electron chi connectivity index (χ1n) is 6.82. The molecule has 0 aliphatic carbocycles. The summed E-state index contributed by atoms with van der Waals surface area (Å²) in [6, 6.07) is 11.0. The molecule has 106 valence electrons. The van der Waals surface area contributed by atoms with E-state index in [2.05, 4.69) is 24.1 Å². The lowest BCUT2D eigenvalue weighted by atomic mass is 10.1. The molecule has 1 unspecified atom stereocenters. The van der Waals surface area contributed by atoms with Gasteiger partial charge in [-0.2, -0.15) is 0 Å². The highest BCUT2D eigenvalue weighted by Gasteiger charge is 2.07. The number of benzene rings is 1. The van der Waals surface area contributed by atoms with E-state index in [1.165, 1.54) is 17.8 Å².